The summed E-state index contributed by atoms with van der Waals surface area (Å²) in [6, 6.07) is -0.337. The summed E-state index contributed by atoms with van der Waals surface area (Å²) in [6.45, 7) is 9.14. The SMILES string of the molecule is CCc1c(Cl)ncnc1NC(C)C(=O)N(CC)CC. The fourth-order valence-electron chi connectivity index (χ4n) is 1.90. The van der Waals surface area contributed by atoms with Gasteiger partial charge >= 0.3 is 0 Å². The fraction of sp³-hybridized carbons (Fsp3) is 0.615. The van der Waals surface area contributed by atoms with Gasteiger partial charge in [0.1, 0.15) is 23.3 Å². The molecule has 0 fully saturated rings. The van der Waals surface area contributed by atoms with Crippen LogP contribution in [0.25, 0.3) is 0 Å². The largest absolute Gasteiger partial charge is 0.358 e. The number of nitrogens with one attached hydrogen (secondary N) is 1. The molecule has 0 saturated heterocycles. The minimum absolute atomic E-state index is 0.0572. The Labute approximate surface area is 119 Å². The van der Waals surface area contributed by atoms with Crippen LogP contribution in [0.5, 0.6) is 0 Å². The van der Waals surface area contributed by atoms with Gasteiger partial charge in [0.05, 0.1) is 0 Å². The zero-order valence-corrected chi connectivity index (χ0v) is 12.7. The number of likely N-dealkylation sites (N-methyl/N-ethyl adjacent to an activating group) is 1. The molecule has 0 aromatic carbocycles. The molecular weight excluding hydrogens is 264 g/mol. The van der Waals surface area contributed by atoms with E-state index in [2.05, 4.69) is 15.3 Å². The molecule has 1 unspecified atom stereocenters. The number of carbonyl (C=O) groups excluding carboxylic acids is 1. The first-order chi connectivity index (χ1) is 9.04. The Hall–Kier alpha value is -1.36. The highest BCUT2D eigenvalue weighted by molar-refractivity contribution is 6.30. The molecule has 0 bridgehead atoms. The Morgan fingerprint density at radius 1 is 1.37 bits per heavy atom. The lowest BCUT2D eigenvalue weighted by Gasteiger charge is -2.24. The van der Waals surface area contributed by atoms with Crippen molar-refractivity contribution in [1.29, 1.82) is 0 Å². The van der Waals surface area contributed by atoms with Gasteiger partial charge in [0.15, 0.2) is 0 Å². The smallest absolute Gasteiger partial charge is 0.244 e. The molecule has 1 amide bonds. The van der Waals surface area contributed by atoms with Gasteiger partial charge in [-0.05, 0) is 27.2 Å². The number of hydrogen-bond acceptors (Lipinski definition) is 4. The highest BCUT2D eigenvalue weighted by Crippen LogP contribution is 2.20. The number of aromatic nitrogens is 2. The average Bonchev–Trinajstić information content (AvgIpc) is 2.40. The summed E-state index contributed by atoms with van der Waals surface area (Å²) in [5.74, 6) is 0.692. The summed E-state index contributed by atoms with van der Waals surface area (Å²) < 4.78 is 0. The number of rotatable bonds is 6. The van der Waals surface area contributed by atoms with Crippen LogP contribution < -0.4 is 5.32 Å². The third kappa shape index (κ3) is 3.80. The Bertz CT molecular complexity index is 435. The summed E-state index contributed by atoms with van der Waals surface area (Å²) in [5, 5.41) is 3.56. The molecule has 0 aliphatic carbocycles. The topological polar surface area (TPSA) is 58.1 Å². The van der Waals surface area contributed by atoms with Crippen molar-refractivity contribution >= 4 is 23.3 Å². The molecule has 1 rings (SSSR count). The maximum Gasteiger partial charge on any atom is 0.244 e. The van der Waals surface area contributed by atoms with Crippen LogP contribution in [0.3, 0.4) is 0 Å². The van der Waals surface area contributed by atoms with Crippen molar-refractivity contribution in [3.8, 4) is 0 Å². The molecule has 5 nitrogen and oxygen atoms in total. The standard InChI is InChI=1S/C13H21ClN4O/c1-5-10-11(14)15-8-16-12(10)17-9(4)13(19)18(6-2)7-3/h8-9H,5-7H2,1-4H3,(H,15,16,17). The summed E-state index contributed by atoms with van der Waals surface area (Å²) in [6.07, 6.45) is 2.12. The Morgan fingerprint density at radius 2 is 2.00 bits per heavy atom. The summed E-state index contributed by atoms with van der Waals surface area (Å²) in [4.78, 5) is 22.1. The van der Waals surface area contributed by atoms with Crippen LogP contribution >= 0.6 is 11.6 Å². The lowest BCUT2D eigenvalue weighted by molar-refractivity contribution is -0.131. The molecular formula is C13H21ClN4O. The van der Waals surface area contributed by atoms with Gasteiger partial charge in [-0.15, -0.1) is 0 Å². The van der Waals surface area contributed by atoms with Gasteiger partial charge in [-0.25, -0.2) is 9.97 Å². The van der Waals surface area contributed by atoms with Crippen molar-refractivity contribution in [1.82, 2.24) is 14.9 Å². The van der Waals surface area contributed by atoms with Crippen LogP contribution in [-0.4, -0.2) is 39.9 Å². The molecule has 1 heterocycles. The first kappa shape index (κ1) is 15.7. The van der Waals surface area contributed by atoms with E-state index in [1.54, 1.807) is 4.90 Å². The molecule has 0 spiro atoms. The zero-order valence-electron chi connectivity index (χ0n) is 11.9. The highest BCUT2D eigenvalue weighted by Gasteiger charge is 2.19. The second-order valence-corrected chi connectivity index (χ2v) is 4.58. The highest BCUT2D eigenvalue weighted by atomic mass is 35.5. The Kier molecular flexibility index (Phi) is 6.02. The van der Waals surface area contributed by atoms with Crippen molar-refractivity contribution in [3.05, 3.63) is 17.0 Å². The molecule has 1 aromatic heterocycles. The normalized spacial score (nSPS) is 12.1. The van der Waals surface area contributed by atoms with Crippen LogP contribution in [0.2, 0.25) is 5.15 Å². The molecule has 0 aliphatic heterocycles. The third-order valence-corrected chi connectivity index (χ3v) is 3.37. The molecule has 0 saturated carbocycles. The monoisotopic (exact) mass is 284 g/mol. The van der Waals surface area contributed by atoms with E-state index >= 15 is 0 Å². The Morgan fingerprint density at radius 3 is 2.53 bits per heavy atom. The lowest BCUT2D eigenvalue weighted by atomic mass is 10.2. The van der Waals surface area contributed by atoms with E-state index in [4.69, 9.17) is 11.6 Å². The maximum atomic E-state index is 12.2. The van der Waals surface area contributed by atoms with Crippen LogP contribution in [0.15, 0.2) is 6.33 Å². The minimum Gasteiger partial charge on any atom is -0.358 e. The van der Waals surface area contributed by atoms with Gasteiger partial charge in [0.25, 0.3) is 0 Å². The van der Waals surface area contributed by atoms with Gasteiger partial charge < -0.3 is 10.2 Å². The van der Waals surface area contributed by atoms with Crippen molar-refractivity contribution in [2.24, 2.45) is 0 Å². The minimum atomic E-state index is -0.337. The van der Waals surface area contributed by atoms with E-state index in [1.165, 1.54) is 6.33 Å². The average molecular weight is 285 g/mol. The summed E-state index contributed by atoms with van der Waals surface area (Å²) in [5.41, 5.74) is 0.836. The van der Waals surface area contributed by atoms with Crippen LogP contribution in [-0.2, 0) is 11.2 Å². The molecule has 1 N–H and O–H groups in total. The third-order valence-electron chi connectivity index (χ3n) is 3.05. The number of hydrogen-bond donors (Lipinski definition) is 1. The van der Waals surface area contributed by atoms with E-state index < -0.39 is 0 Å². The van der Waals surface area contributed by atoms with Crippen molar-refractivity contribution in [2.75, 3.05) is 18.4 Å². The van der Waals surface area contributed by atoms with E-state index in [1.807, 2.05) is 27.7 Å². The maximum absolute atomic E-state index is 12.2. The molecule has 19 heavy (non-hydrogen) atoms. The number of carbonyl (C=O) groups is 1. The van der Waals surface area contributed by atoms with Crippen molar-refractivity contribution in [2.45, 2.75) is 40.2 Å². The fourth-order valence-corrected chi connectivity index (χ4v) is 2.17. The molecule has 1 atom stereocenters. The van der Waals surface area contributed by atoms with Gasteiger partial charge in [-0.2, -0.15) is 0 Å². The predicted molar refractivity (Wildman–Crippen MR) is 77.4 cm³/mol. The first-order valence-corrected chi connectivity index (χ1v) is 6.97. The van der Waals surface area contributed by atoms with Gasteiger partial charge in [-0.3, -0.25) is 4.79 Å². The van der Waals surface area contributed by atoms with E-state index in [0.29, 0.717) is 30.5 Å². The molecule has 6 heteroatoms. The summed E-state index contributed by atoms with van der Waals surface area (Å²) >= 11 is 6.02. The number of nitrogens with zero attached hydrogens (tertiary/aromatic N) is 3. The summed E-state index contributed by atoms with van der Waals surface area (Å²) in [7, 11) is 0. The zero-order chi connectivity index (χ0) is 14.4. The van der Waals surface area contributed by atoms with E-state index in [0.717, 1.165) is 5.56 Å². The predicted octanol–water partition coefficient (Wildman–Crippen LogP) is 2.36. The first-order valence-electron chi connectivity index (χ1n) is 6.59. The lowest BCUT2D eigenvalue weighted by Crippen LogP contribution is -2.41. The van der Waals surface area contributed by atoms with Crippen molar-refractivity contribution < 1.29 is 4.79 Å². The number of halogens is 1. The van der Waals surface area contributed by atoms with E-state index in [-0.39, 0.29) is 11.9 Å². The molecule has 0 aliphatic rings. The van der Waals surface area contributed by atoms with Crippen LogP contribution in [0.1, 0.15) is 33.3 Å². The quantitative estimate of drug-likeness (QED) is 0.815. The van der Waals surface area contributed by atoms with Crippen LogP contribution in [0.4, 0.5) is 5.82 Å². The van der Waals surface area contributed by atoms with Gasteiger partial charge in [0.2, 0.25) is 5.91 Å². The molecule has 106 valence electrons. The van der Waals surface area contributed by atoms with E-state index in [9.17, 15) is 4.79 Å². The van der Waals surface area contributed by atoms with Crippen molar-refractivity contribution in [3.63, 3.8) is 0 Å². The molecule has 1 aromatic rings. The number of anilines is 1. The molecule has 0 radical (unpaired) electrons. The van der Waals surface area contributed by atoms with Gasteiger partial charge in [0, 0.05) is 18.7 Å². The second kappa shape index (κ2) is 7.28. The second-order valence-electron chi connectivity index (χ2n) is 4.22. The van der Waals surface area contributed by atoms with Gasteiger partial charge in [-0.1, -0.05) is 18.5 Å². The Balaban J connectivity index is 2.85. The number of amides is 1. The van der Waals surface area contributed by atoms with Crippen LogP contribution in [0, 0.1) is 0 Å².